The smallest absolute Gasteiger partial charge is 0.225 e. The molecule has 0 aliphatic rings. The summed E-state index contributed by atoms with van der Waals surface area (Å²) >= 11 is 0. The zero-order valence-corrected chi connectivity index (χ0v) is 26.0. The number of carbonyl (C=O) groups excluding carboxylic acids is 1. The molecule has 3 aromatic rings. The van der Waals surface area contributed by atoms with Crippen molar-refractivity contribution in [2.24, 2.45) is 5.41 Å². The number of hydrogen-bond acceptors (Lipinski definition) is 7. The fourth-order valence-corrected chi connectivity index (χ4v) is 4.67. The molecule has 0 bridgehead atoms. The summed E-state index contributed by atoms with van der Waals surface area (Å²) in [5, 5.41) is 20.7. The molecule has 9 nitrogen and oxygen atoms in total. The SMILES string of the molecule is CCCC(CCNCCNC(=O)C(C)(C)CCOC(C)(C)C)Nc1nc2ccccc2n1Cc1nc(C)ccc1O. The van der Waals surface area contributed by atoms with E-state index >= 15 is 0 Å². The summed E-state index contributed by atoms with van der Waals surface area (Å²) in [7, 11) is 0. The lowest BCUT2D eigenvalue weighted by atomic mass is 9.88. The predicted octanol–water partition coefficient (Wildman–Crippen LogP) is 5.40. The minimum absolute atomic E-state index is 0.0513. The quantitative estimate of drug-likeness (QED) is 0.172. The Morgan fingerprint density at radius 3 is 2.51 bits per heavy atom. The van der Waals surface area contributed by atoms with Crippen LogP contribution in [0.25, 0.3) is 11.0 Å². The Kier molecular flexibility index (Phi) is 11.5. The standard InChI is InChI=1S/C32H50N6O3/c1-8-11-24(16-18-33-19-20-34-29(40)32(6,7)17-21-41-31(3,4)5)36-30-37-25-12-9-10-13-27(25)38(30)22-26-28(39)15-14-23(2)35-26/h9-10,12-15,24,33,39H,8,11,16-22H2,1-7H3,(H,34,40)(H,36,37). The van der Waals surface area contributed by atoms with Crippen LogP contribution < -0.4 is 16.0 Å². The molecule has 0 saturated carbocycles. The van der Waals surface area contributed by atoms with Gasteiger partial charge in [0, 0.05) is 36.8 Å². The molecular weight excluding hydrogens is 516 g/mol. The van der Waals surface area contributed by atoms with E-state index in [1.807, 2.05) is 71.9 Å². The molecule has 0 radical (unpaired) electrons. The van der Waals surface area contributed by atoms with E-state index in [0.717, 1.165) is 48.5 Å². The predicted molar refractivity (Wildman–Crippen MR) is 166 cm³/mol. The van der Waals surface area contributed by atoms with Crippen molar-refractivity contribution in [3.63, 3.8) is 0 Å². The average Bonchev–Trinajstić information content (AvgIpc) is 3.23. The lowest BCUT2D eigenvalue weighted by Crippen LogP contribution is -2.41. The number of rotatable bonds is 16. The highest BCUT2D eigenvalue weighted by atomic mass is 16.5. The first-order valence-corrected chi connectivity index (χ1v) is 14.9. The molecule has 1 atom stereocenters. The van der Waals surface area contributed by atoms with Crippen molar-refractivity contribution in [3.8, 4) is 5.75 Å². The molecule has 2 aromatic heterocycles. The molecule has 41 heavy (non-hydrogen) atoms. The number of amides is 1. The van der Waals surface area contributed by atoms with Crippen LogP contribution >= 0.6 is 0 Å². The van der Waals surface area contributed by atoms with Gasteiger partial charge in [-0.1, -0.05) is 39.3 Å². The number of fused-ring (bicyclic) bond motifs is 1. The summed E-state index contributed by atoms with van der Waals surface area (Å²) in [6, 6.07) is 11.8. The van der Waals surface area contributed by atoms with E-state index in [2.05, 4.69) is 32.4 Å². The minimum atomic E-state index is -0.475. The van der Waals surface area contributed by atoms with Crippen LogP contribution in [0.15, 0.2) is 36.4 Å². The second-order valence-electron chi connectivity index (χ2n) is 12.4. The monoisotopic (exact) mass is 566 g/mol. The third kappa shape index (κ3) is 10.0. The zero-order chi connectivity index (χ0) is 30.0. The van der Waals surface area contributed by atoms with E-state index in [9.17, 15) is 9.90 Å². The van der Waals surface area contributed by atoms with Crippen molar-refractivity contribution in [2.75, 3.05) is 31.6 Å². The van der Waals surface area contributed by atoms with Crippen molar-refractivity contribution < 1.29 is 14.6 Å². The van der Waals surface area contributed by atoms with Gasteiger partial charge in [-0.3, -0.25) is 9.78 Å². The number of aromatic nitrogens is 3. The van der Waals surface area contributed by atoms with Crippen LogP contribution in [-0.4, -0.2) is 63.4 Å². The first-order chi connectivity index (χ1) is 19.4. The van der Waals surface area contributed by atoms with Crippen molar-refractivity contribution >= 4 is 22.9 Å². The van der Waals surface area contributed by atoms with Crippen LogP contribution in [0.4, 0.5) is 5.95 Å². The molecule has 0 spiro atoms. The van der Waals surface area contributed by atoms with E-state index in [1.165, 1.54) is 0 Å². The van der Waals surface area contributed by atoms with E-state index in [4.69, 9.17) is 9.72 Å². The fourth-order valence-electron chi connectivity index (χ4n) is 4.67. The number of anilines is 1. The van der Waals surface area contributed by atoms with Crippen molar-refractivity contribution in [1.29, 1.82) is 0 Å². The molecule has 0 aliphatic heterocycles. The summed E-state index contributed by atoms with van der Waals surface area (Å²) in [5.41, 5.74) is 2.71. The molecule has 1 aromatic carbocycles. The van der Waals surface area contributed by atoms with Gasteiger partial charge in [0.1, 0.15) is 11.4 Å². The van der Waals surface area contributed by atoms with Gasteiger partial charge in [-0.15, -0.1) is 0 Å². The number of pyridine rings is 1. The van der Waals surface area contributed by atoms with Gasteiger partial charge in [0.25, 0.3) is 0 Å². The highest BCUT2D eigenvalue weighted by molar-refractivity contribution is 5.81. The van der Waals surface area contributed by atoms with Gasteiger partial charge in [0.05, 0.1) is 23.2 Å². The molecular formula is C32H50N6O3. The first kappa shape index (κ1) is 32.3. The number of imidazole rings is 1. The van der Waals surface area contributed by atoms with E-state index < -0.39 is 5.41 Å². The number of nitrogens with one attached hydrogen (secondary N) is 3. The third-order valence-corrected chi connectivity index (χ3v) is 7.16. The van der Waals surface area contributed by atoms with E-state index in [1.54, 1.807) is 6.07 Å². The van der Waals surface area contributed by atoms with E-state index in [-0.39, 0.29) is 23.3 Å². The molecule has 0 aliphatic carbocycles. The first-order valence-electron chi connectivity index (χ1n) is 14.9. The van der Waals surface area contributed by atoms with Gasteiger partial charge in [0.2, 0.25) is 11.9 Å². The van der Waals surface area contributed by atoms with Crippen LogP contribution in [0.1, 0.15) is 78.6 Å². The summed E-state index contributed by atoms with van der Waals surface area (Å²) < 4.78 is 7.90. The number of benzene rings is 1. The number of aryl methyl sites for hydroxylation is 1. The fraction of sp³-hybridized carbons (Fsp3) is 0.594. The normalized spacial score (nSPS) is 13.0. The summed E-state index contributed by atoms with van der Waals surface area (Å²) in [4.78, 5) is 22.1. The Hall–Kier alpha value is -3.17. The number of para-hydroxylation sites is 2. The summed E-state index contributed by atoms with van der Waals surface area (Å²) in [6.07, 6.45) is 3.63. The van der Waals surface area contributed by atoms with Gasteiger partial charge < -0.3 is 30.4 Å². The number of hydrogen-bond donors (Lipinski definition) is 4. The van der Waals surface area contributed by atoms with Gasteiger partial charge >= 0.3 is 0 Å². The molecule has 1 amide bonds. The second kappa shape index (κ2) is 14.6. The molecule has 3 rings (SSSR count). The average molecular weight is 567 g/mol. The van der Waals surface area contributed by atoms with Crippen LogP contribution in [0, 0.1) is 12.3 Å². The molecule has 226 valence electrons. The van der Waals surface area contributed by atoms with Crippen molar-refractivity contribution in [3.05, 3.63) is 47.8 Å². The minimum Gasteiger partial charge on any atom is -0.506 e. The van der Waals surface area contributed by atoms with Crippen LogP contribution in [-0.2, 0) is 16.1 Å². The largest absolute Gasteiger partial charge is 0.506 e. The molecule has 0 saturated heterocycles. The highest BCUT2D eigenvalue weighted by Gasteiger charge is 2.27. The molecule has 0 fully saturated rings. The topological polar surface area (TPSA) is 113 Å². The Labute approximate surface area is 245 Å². The Morgan fingerprint density at radius 1 is 1.02 bits per heavy atom. The maximum atomic E-state index is 12.7. The Bertz CT molecular complexity index is 1260. The molecule has 9 heteroatoms. The zero-order valence-electron chi connectivity index (χ0n) is 26.0. The maximum absolute atomic E-state index is 12.7. The van der Waals surface area contributed by atoms with Crippen molar-refractivity contribution in [1.82, 2.24) is 25.2 Å². The Morgan fingerprint density at radius 2 is 1.78 bits per heavy atom. The van der Waals surface area contributed by atoms with Gasteiger partial charge in [0.15, 0.2) is 0 Å². The molecule has 4 N–H and O–H groups in total. The molecule has 1 unspecified atom stereocenters. The van der Waals surface area contributed by atoms with E-state index in [0.29, 0.717) is 38.4 Å². The number of ether oxygens (including phenoxy) is 1. The lowest BCUT2D eigenvalue weighted by Gasteiger charge is -2.26. The number of carbonyl (C=O) groups is 1. The molecule has 2 heterocycles. The third-order valence-electron chi connectivity index (χ3n) is 7.16. The van der Waals surface area contributed by atoms with Gasteiger partial charge in [-0.2, -0.15) is 0 Å². The van der Waals surface area contributed by atoms with Crippen LogP contribution in [0.5, 0.6) is 5.75 Å². The van der Waals surface area contributed by atoms with Crippen LogP contribution in [0.2, 0.25) is 0 Å². The maximum Gasteiger partial charge on any atom is 0.225 e. The highest BCUT2D eigenvalue weighted by Crippen LogP contribution is 2.25. The second-order valence-corrected chi connectivity index (χ2v) is 12.4. The van der Waals surface area contributed by atoms with Crippen molar-refractivity contribution in [2.45, 2.75) is 92.3 Å². The summed E-state index contributed by atoms with van der Waals surface area (Å²) in [5.74, 6) is 1.01. The van der Waals surface area contributed by atoms with Gasteiger partial charge in [-0.05, 0) is 77.8 Å². The summed E-state index contributed by atoms with van der Waals surface area (Å²) in [6.45, 7) is 17.2. The lowest BCUT2D eigenvalue weighted by molar-refractivity contribution is -0.131. The Balaban J connectivity index is 1.53. The van der Waals surface area contributed by atoms with Crippen LogP contribution in [0.3, 0.4) is 0 Å². The van der Waals surface area contributed by atoms with Gasteiger partial charge in [-0.25, -0.2) is 4.98 Å². The number of aromatic hydroxyl groups is 1. The number of nitrogens with zero attached hydrogens (tertiary/aromatic N) is 3.